The molecule has 0 saturated carbocycles. The number of benzene rings is 1. The molecule has 2 amide bonds. The minimum Gasteiger partial charge on any atom is -0.444 e. The summed E-state index contributed by atoms with van der Waals surface area (Å²) < 4.78 is 10.5. The van der Waals surface area contributed by atoms with Crippen LogP contribution in [0.1, 0.15) is 39.2 Å². The normalized spacial score (nSPS) is 17.7. The van der Waals surface area contributed by atoms with Crippen molar-refractivity contribution in [1.82, 2.24) is 4.90 Å². The molecule has 0 aromatic heterocycles. The van der Waals surface area contributed by atoms with Crippen molar-refractivity contribution in [2.24, 2.45) is 0 Å². The van der Waals surface area contributed by atoms with Crippen LogP contribution < -0.4 is 5.32 Å². The molecule has 2 rings (SSSR count). The van der Waals surface area contributed by atoms with Gasteiger partial charge in [0.05, 0.1) is 6.61 Å². The number of nitrogens with one attached hydrogen (secondary N) is 1. The Balaban J connectivity index is 2.03. The lowest BCUT2D eigenvalue weighted by Gasteiger charge is -2.28. The minimum absolute atomic E-state index is 0.187. The second-order valence-electron chi connectivity index (χ2n) is 6.95. The number of hydrogen-bond donors (Lipinski definition) is 1. The topological polar surface area (TPSA) is 67.9 Å². The molecule has 0 radical (unpaired) electrons. The van der Waals surface area contributed by atoms with Crippen molar-refractivity contribution < 1.29 is 19.1 Å². The summed E-state index contributed by atoms with van der Waals surface area (Å²) >= 11 is 0. The van der Waals surface area contributed by atoms with Gasteiger partial charge in [0, 0.05) is 19.3 Å². The van der Waals surface area contributed by atoms with E-state index in [1.54, 1.807) is 7.11 Å². The Morgan fingerprint density at radius 1 is 1.33 bits per heavy atom. The van der Waals surface area contributed by atoms with Gasteiger partial charge in [-0.05, 0) is 51.3 Å². The fourth-order valence-corrected chi connectivity index (χ4v) is 2.71. The Morgan fingerprint density at radius 3 is 2.75 bits per heavy atom. The molecule has 1 aromatic rings. The molecular formula is C18H26N2O4. The maximum absolute atomic E-state index is 12.6. The van der Waals surface area contributed by atoms with Crippen molar-refractivity contribution in [1.29, 1.82) is 0 Å². The Hall–Kier alpha value is -2.08. The molecule has 1 unspecified atom stereocenters. The van der Waals surface area contributed by atoms with E-state index in [4.69, 9.17) is 9.47 Å². The van der Waals surface area contributed by atoms with Crippen molar-refractivity contribution in [3.63, 3.8) is 0 Å². The van der Waals surface area contributed by atoms with E-state index in [0.717, 1.165) is 12.0 Å². The molecule has 0 aliphatic carbocycles. The van der Waals surface area contributed by atoms with E-state index in [-0.39, 0.29) is 5.91 Å². The van der Waals surface area contributed by atoms with Crippen molar-refractivity contribution in [3.8, 4) is 0 Å². The van der Waals surface area contributed by atoms with Gasteiger partial charge in [0.15, 0.2) is 0 Å². The molecule has 1 aliphatic heterocycles. The molecule has 24 heavy (non-hydrogen) atoms. The average Bonchev–Trinajstić information content (AvgIpc) is 2.96. The highest BCUT2D eigenvalue weighted by Gasteiger charge is 2.36. The molecule has 1 N–H and O–H groups in total. The van der Waals surface area contributed by atoms with Gasteiger partial charge in [-0.1, -0.05) is 12.1 Å². The van der Waals surface area contributed by atoms with Crippen molar-refractivity contribution in [3.05, 3.63) is 29.8 Å². The molecule has 1 atom stereocenters. The van der Waals surface area contributed by atoms with Crippen molar-refractivity contribution in [2.75, 3.05) is 19.0 Å². The number of hydrogen-bond acceptors (Lipinski definition) is 4. The van der Waals surface area contributed by atoms with E-state index in [1.165, 1.54) is 4.90 Å². The summed E-state index contributed by atoms with van der Waals surface area (Å²) in [5.41, 5.74) is 1.10. The summed E-state index contributed by atoms with van der Waals surface area (Å²) in [5, 5.41) is 2.89. The summed E-state index contributed by atoms with van der Waals surface area (Å²) in [6.07, 6.45) is 0.998. The summed E-state index contributed by atoms with van der Waals surface area (Å²) in [7, 11) is 1.63. The third-order valence-electron chi connectivity index (χ3n) is 3.69. The highest BCUT2D eigenvalue weighted by atomic mass is 16.6. The third kappa shape index (κ3) is 4.96. The van der Waals surface area contributed by atoms with E-state index in [9.17, 15) is 9.59 Å². The van der Waals surface area contributed by atoms with Crippen LogP contribution in [0.25, 0.3) is 0 Å². The molecule has 0 bridgehead atoms. The standard InChI is InChI=1S/C18H26N2O4/c1-18(2,3)24-17(22)20-10-6-9-15(20)16(21)19-14-8-5-7-13(11-14)12-23-4/h5,7-8,11,15H,6,9-10,12H2,1-4H3,(H,19,21). The van der Waals surface area contributed by atoms with Crippen LogP contribution in [0.5, 0.6) is 0 Å². The minimum atomic E-state index is -0.574. The van der Waals surface area contributed by atoms with Crippen molar-refractivity contribution in [2.45, 2.75) is 51.9 Å². The second kappa shape index (κ2) is 7.66. The van der Waals surface area contributed by atoms with Gasteiger partial charge < -0.3 is 14.8 Å². The lowest BCUT2D eigenvalue weighted by atomic mass is 10.1. The summed E-state index contributed by atoms with van der Waals surface area (Å²) in [5.74, 6) is -0.187. The number of ether oxygens (including phenoxy) is 2. The zero-order chi connectivity index (χ0) is 17.7. The van der Waals surface area contributed by atoms with Gasteiger partial charge in [-0.25, -0.2) is 4.79 Å². The molecule has 1 heterocycles. The molecule has 1 aliphatic rings. The number of carbonyl (C=O) groups is 2. The molecule has 132 valence electrons. The predicted molar refractivity (Wildman–Crippen MR) is 91.7 cm³/mol. The smallest absolute Gasteiger partial charge is 0.410 e. The summed E-state index contributed by atoms with van der Waals surface area (Å²) in [6, 6.07) is 7.00. The van der Waals surface area contributed by atoms with Crippen LogP contribution in [0, 0.1) is 0 Å². The van der Waals surface area contributed by atoms with Gasteiger partial charge in [-0.3, -0.25) is 9.69 Å². The number of nitrogens with zero attached hydrogens (tertiary/aromatic N) is 1. The Morgan fingerprint density at radius 2 is 2.08 bits per heavy atom. The van der Waals surface area contributed by atoms with Crippen LogP contribution in [0.4, 0.5) is 10.5 Å². The van der Waals surface area contributed by atoms with E-state index in [2.05, 4.69) is 5.32 Å². The molecule has 1 saturated heterocycles. The number of rotatable bonds is 4. The molecule has 1 aromatic carbocycles. The monoisotopic (exact) mass is 334 g/mol. The fraction of sp³-hybridized carbons (Fsp3) is 0.556. The van der Waals surface area contributed by atoms with Crippen LogP contribution in [0.2, 0.25) is 0 Å². The van der Waals surface area contributed by atoms with Crippen LogP contribution in [0.15, 0.2) is 24.3 Å². The Labute approximate surface area is 143 Å². The van der Waals surface area contributed by atoms with Crippen LogP contribution >= 0.6 is 0 Å². The number of methoxy groups -OCH3 is 1. The number of amides is 2. The van der Waals surface area contributed by atoms with Crippen LogP contribution in [0.3, 0.4) is 0 Å². The van der Waals surface area contributed by atoms with E-state index in [0.29, 0.717) is 25.3 Å². The fourth-order valence-electron chi connectivity index (χ4n) is 2.71. The van der Waals surface area contributed by atoms with Gasteiger partial charge >= 0.3 is 6.09 Å². The SMILES string of the molecule is COCc1cccc(NC(=O)C2CCCN2C(=O)OC(C)(C)C)c1. The van der Waals surface area contributed by atoms with Gasteiger partial charge in [-0.2, -0.15) is 0 Å². The first-order valence-electron chi connectivity index (χ1n) is 8.18. The maximum Gasteiger partial charge on any atom is 0.410 e. The van der Waals surface area contributed by atoms with Crippen molar-refractivity contribution >= 4 is 17.7 Å². The van der Waals surface area contributed by atoms with Gasteiger partial charge in [0.25, 0.3) is 0 Å². The lowest BCUT2D eigenvalue weighted by Crippen LogP contribution is -2.45. The second-order valence-corrected chi connectivity index (χ2v) is 6.95. The maximum atomic E-state index is 12.6. The number of likely N-dealkylation sites (tertiary alicyclic amines) is 1. The van der Waals surface area contributed by atoms with Crippen LogP contribution in [-0.2, 0) is 20.9 Å². The van der Waals surface area contributed by atoms with E-state index < -0.39 is 17.7 Å². The zero-order valence-corrected chi connectivity index (χ0v) is 14.8. The zero-order valence-electron chi connectivity index (χ0n) is 14.8. The first-order chi connectivity index (χ1) is 11.3. The number of carbonyl (C=O) groups excluding carboxylic acids is 2. The molecule has 0 spiro atoms. The molecule has 1 fully saturated rings. The quantitative estimate of drug-likeness (QED) is 0.918. The first kappa shape index (κ1) is 18.3. The molecule has 6 nitrogen and oxygen atoms in total. The predicted octanol–water partition coefficient (Wildman–Crippen LogP) is 3.17. The largest absolute Gasteiger partial charge is 0.444 e. The Kier molecular flexibility index (Phi) is 5.83. The van der Waals surface area contributed by atoms with Gasteiger partial charge in [0.2, 0.25) is 5.91 Å². The summed E-state index contributed by atoms with van der Waals surface area (Å²) in [4.78, 5) is 26.4. The van der Waals surface area contributed by atoms with Crippen LogP contribution in [-0.4, -0.2) is 42.2 Å². The third-order valence-corrected chi connectivity index (χ3v) is 3.69. The number of anilines is 1. The average molecular weight is 334 g/mol. The molecular weight excluding hydrogens is 308 g/mol. The van der Waals surface area contributed by atoms with Gasteiger partial charge in [0.1, 0.15) is 11.6 Å². The van der Waals surface area contributed by atoms with E-state index in [1.807, 2.05) is 45.0 Å². The van der Waals surface area contributed by atoms with E-state index >= 15 is 0 Å². The van der Waals surface area contributed by atoms with Gasteiger partial charge in [-0.15, -0.1) is 0 Å². The summed E-state index contributed by atoms with van der Waals surface area (Å²) in [6.45, 7) is 6.47. The Bertz CT molecular complexity index is 595. The highest BCUT2D eigenvalue weighted by molar-refractivity contribution is 5.96. The molecule has 6 heteroatoms. The highest BCUT2D eigenvalue weighted by Crippen LogP contribution is 2.22. The lowest BCUT2D eigenvalue weighted by molar-refractivity contribution is -0.120. The first-order valence-corrected chi connectivity index (χ1v) is 8.18.